The number of unbranched alkanes of at least 4 members (excludes halogenated alkanes) is 10. The smallest absolute Gasteiger partial charge is 0.0241 e. The molecule has 0 unspecified atom stereocenters. The van der Waals surface area contributed by atoms with Crippen molar-refractivity contribution in [1.29, 1.82) is 0 Å². The monoisotopic (exact) mass is 281 g/mol. The van der Waals surface area contributed by atoms with Gasteiger partial charge in [-0.25, -0.2) is 0 Å². The van der Waals surface area contributed by atoms with Gasteiger partial charge in [0.05, 0.1) is 0 Å². The summed E-state index contributed by atoms with van der Waals surface area (Å²) < 4.78 is 0. The molecule has 20 heavy (non-hydrogen) atoms. The Morgan fingerprint density at radius 3 is 1.25 bits per heavy atom. The molecule has 0 amide bonds. The molecular weight excluding hydrogens is 240 g/mol. The Hall–Kier alpha value is 0. The average Bonchev–Trinajstić information content (AvgIpc) is 2.47. The molecule has 0 saturated carbocycles. The highest BCUT2D eigenvalue weighted by Gasteiger charge is 2.08. The van der Waals surface area contributed by atoms with Crippen LogP contribution < -0.4 is 0 Å². The molecule has 0 heteroatoms. The quantitative estimate of drug-likeness (QED) is 0.252. The maximum Gasteiger partial charge on any atom is -0.0241 e. The highest BCUT2D eigenvalue weighted by molar-refractivity contribution is 4.88. The van der Waals surface area contributed by atoms with Gasteiger partial charge in [0, 0.05) is 0 Å². The van der Waals surface area contributed by atoms with Crippen LogP contribution in [0.1, 0.15) is 124 Å². The van der Waals surface area contributed by atoms with E-state index < -0.39 is 0 Å². The van der Waals surface area contributed by atoms with E-state index in [-0.39, 0.29) is 0 Å². The minimum Gasteiger partial charge on any atom is -0.0654 e. The number of rotatable bonds is 16. The maximum atomic E-state index is 2.32. The van der Waals surface area contributed by atoms with Crippen LogP contribution in [0.25, 0.3) is 0 Å². The molecule has 0 heterocycles. The summed E-state index contributed by atoms with van der Waals surface area (Å²) in [6.07, 6.45) is 22.9. The topological polar surface area (TPSA) is 0 Å². The first-order valence-corrected chi connectivity index (χ1v) is 9.68. The van der Waals surface area contributed by atoms with Gasteiger partial charge >= 0.3 is 0 Å². The minimum absolute atomic E-state index is 1.36. The van der Waals surface area contributed by atoms with Gasteiger partial charge in [0.1, 0.15) is 0 Å². The zero-order valence-electron chi connectivity index (χ0n) is 14.8. The molecule has 0 bridgehead atoms. The van der Waals surface area contributed by atoms with Gasteiger partial charge in [-0.3, -0.25) is 0 Å². The molecule has 0 saturated heterocycles. The summed E-state index contributed by atoms with van der Waals surface area (Å²) >= 11 is 0. The molecule has 0 aromatic rings. The van der Waals surface area contributed by atoms with Crippen molar-refractivity contribution in [3.63, 3.8) is 0 Å². The summed E-state index contributed by atoms with van der Waals surface area (Å²) in [6, 6.07) is 0. The molecule has 0 aliphatic rings. The Balaban J connectivity index is 3.53. The van der Waals surface area contributed by atoms with E-state index in [1.54, 1.807) is 0 Å². The second kappa shape index (κ2) is 17.1. The van der Waals surface area contributed by atoms with Crippen LogP contribution >= 0.6 is 0 Å². The fourth-order valence-corrected chi connectivity index (χ4v) is 2.94. The molecule has 0 nitrogen and oxygen atoms in total. The fourth-order valence-electron chi connectivity index (χ4n) is 2.94. The zero-order valence-corrected chi connectivity index (χ0v) is 14.8. The lowest BCUT2D eigenvalue weighted by Crippen LogP contribution is -1.99. The molecule has 0 aromatic heterocycles. The van der Waals surface area contributed by atoms with E-state index in [2.05, 4.69) is 20.8 Å². The van der Waals surface area contributed by atoms with E-state index in [1.807, 2.05) is 5.92 Å². The Bertz CT molecular complexity index is 161. The molecule has 0 spiro atoms. The van der Waals surface area contributed by atoms with Crippen molar-refractivity contribution < 1.29 is 0 Å². The molecule has 0 aromatic carbocycles. The summed E-state index contributed by atoms with van der Waals surface area (Å²) in [5.41, 5.74) is 0. The zero-order chi connectivity index (χ0) is 14.9. The van der Waals surface area contributed by atoms with E-state index in [0.29, 0.717) is 0 Å². The van der Waals surface area contributed by atoms with Crippen LogP contribution in [0.2, 0.25) is 0 Å². The first-order chi connectivity index (χ1) is 9.85. The van der Waals surface area contributed by atoms with E-state index in [9.17, 15) is 0 Å². The van der Waals surface area contributed by atoms with Crippen molar-refractivity contribution in [1.82, 2.24) is 0 Å². The average molecular weight is 282 g/mol. The van der Waals surface area contributed by atoms with Gasteiger partial charge < -0.3 is 0 Å². The fraction of sp³-hybridized carbons (Fsp3) is 0.950. The van der Waals surface area contributed by atoms with Crippen molar-refractivity contribution in [3.8, 4) is 0 Å². The van der Waals surface area contributed by atoms with Crippen LogP contribution in [0.3, 0.4) is 0 Å². The second-order valence-corrected chi connectivity index (χ2v) is 6.54. The molecule has 0 atom stereocenters. The lowest BCUT2D eigenvalue weighted by Gasteiger charge is -2.16. The highest BCUT2D eigenvalue weighted by Crippen LogP contribution is 2.25. The van der Waals surface area contributed by atoms with Crippen LogP contribution in [0, 0.1) is 5.92 Å². The molecule has 0 aliphatic carbocycles. The van der Waals surface area contributed by atoms with Crippen molar-refractivity contribution in [2.24, 2.45) is 0 Å². The third-order valence-corrected chi connectivity index (χ3v) is 4.40. The Labute approximate surface area is 130 Å². The van der Waals surface area contributed by atoms with Gasteiger partial charge in [-0.05, 0) is 25.2 Å². The molecular formula is C20H41. The predicted octanol–water partition coefficient (Wildman–Crippen LogP) is 7.86. The van der Waals surface area contributed by atoms with E-state index in [4.69, 9.17) is 0 Å². The molecule has 121 valence electrons. The number of hydrogen-bond acceptors (Lipinski definition) is 0. The third kappa shape index (κ3) is 14.4. The standard InChI is InChI=1S/C20H41/c1-4-7-10-12-13-14-16-19-20(17-9-6-3)18-15-11-8-5-2/h4-19H2,1-3H3. The van der Waals surface area contributed by atoms with E-state index >= 15 is 0 Å². The Kier molecular flexibility index (Phi) is 17.1. The predicted molar refractivity (Wildman–Crippen MR) is 94.1 cm³/mol. The molecule has 0 N–H and O–H groups in total. The molecule has 1 radical (unpaired) electrons. The number of hydrogen-bond donors (Lipinski definition) is 0. The van der Waals surface area contributed by atoms with Gasteiger partial charge in [0.25, 0.3) is 0 Å². The summed E-state index contributed by atoms with van der Waals surface area (Å²) in [7, 11) is 0. The summed E-state index contributed by atoms with van der Waals surface area (Å²) in [6.45, 7) is 6.93. The van der Waals surface area contributed by atoms with Crippen LogP contribution in [0.5, 0.6) is 0 Å². The normalized spacial score (nSPS) is 11.4. The van der Waals surface area contributed by atoms with Gasteiger partial charge in [-0.1, -0.05) is 104 Å². The van der Waals surface area contributed by atoms with Gasteiger partial charge in [-0.2, -0.15) is 0 Å². The van der Waals surface area contributed by atoms with Crippen LogP contribution in [-0.2, 0) is 0 Å². The SMILES string of the molecule is CCCCCCCCC[C](CCCC)CCCCCC. The lowest BCUT2D eigenvalue weighted by atomic mass is 9.90. The molecule has 0 aliphatic heterocycles. The first-order valence-electron chi connectivity index (χ1n) is 9.68. The maximum absolute atomic E-state index is 2.32. The van der Waals surface area contributed by atoms with Crippen LogP contribution in [0.4, 0.5) is 0 Å². The van der Waals surface area contributed by atoms with E-state index in [0.717, 1.165) is 0 Å². The van der Waals surface area contributed by atoms with Gasteiger partial charge in [-0.15, -0.1) is 0 Å². The van der Waals surface area contributed by atoms with Crippen molar-refractivity contribution in [3.05, 3.63) is 5.92 Å². The third-order valence-electron chi connectivity index (χ3n) is 4.40. The lowest BCUT2D eigenvalue weighted by molar-refractivity contribution is 0.527. The summed E-state index contributed by atoms with van der Waals surface area (Å²) in [5.74, 6) is 1.89. The van der Waals surface area contributed by atoms with Gasteiger partial charge in [0.2, 0.25) is 0 Å². The summed E-state index contributed by atoms with van der Waals surface area (Å²) in [4.78, 5) is 0. The largest absolute Gasteiger partial charge is 0.0654 e. The minimum atomic E-state index is 1.36. The van der Waals surface area contributed by atoms with Gasteiger partial charge in [0.15, 0.2) is 0 Å². The molecule has 0 rings (SSSR count). The van der Waals surface area contributed by atoms with Crippen LogP contribution in [0.15, 0.2) is 0 Å². The highest BCUT2D eigenvalue weighted by atomic mass is 14.1. The van der Waals surface area contributed by atoms with Crippen LogP contribution in [-0.4, -0.2) is 0 Å². The Morgan fingerprint density at radius 1 is 0.400 bits per heavy atom. The van der Waals surface area contributed by atoms with Crippen molar-refractivity contribution in [2.45, 2.75) is 124 Å². The van der Waals surface area contributed by atoms with Crippen molar-refractivity contribution >= 4 is 0 Å². The summed E-state index contributed by atoms with van der Waals surface area (Å²) in [5, 5.41) is 0. The molecule has 0 fully saturated rings. The second-order valence-electron chi connectivity index (χ2n) is 6.54. The van der Waals surface area contributed by atoms with E-state index in [1.165, 1.54) is 103 Å². The Morgan fingerprint density at radius 2 is 0.750 bits per heavy atom. The van der Waals surface area contributed by atoms with Crippen molar-refractivity contribution in [2.75, 3.05) is 0 Å². The first kappa shape index (κ1) is 20.0.